The van der Waals surface area contributed by atoms with E-state index in [1.807, 2.05) is 0 Å². The van der Waals surface area contributed by atoms with Gasteiger partial charge in [-0.15, -0.1) is 0 Å². The van der Waals surface area contributed by atoms with Gasteiger partial charge in [0.2, 0.25) is 0 Å². The smallest absolute Gasteiger partial charge is 0.0583 e. The lowest BCUT2D eigenvalue weighted by Crippen LogP contribution is -2.46. The fourth-order valence-corrected chi connectivity index (χ4v) is 3.81. The molecular weight excluding hydrogens is 236 g/mol. The van der Waals surface area contributed by atoms with Crippen molar-refractivity contribution in [1.29, 1.82) is 0 Å². The van der Waals surface area contributed by atoms with Gasteiger partial charge in [-0.25, -0.2) is 0 Å². The van der Waals surface area contributed by atoms with Gasteiger partial charge in [0.15, 0.2) is 0 Å². The highest BCUT2D eigenvalue weighted by atomic mass is 16.3. The van der Waals surface area contributed by atoms with Crippen LogP contribution in [0.1, 0.15) is 47.0 Å². The van der Waals surface area contributed by atoms with E-state index in [1.165, 1.54) is 19.4 Å². The van der Waals surface area contributed by atoms with Crippen molar-refractivity contribution in [3.63, 3.8) is 0 Å². The predicted octanol–water partition coefficient (Wildman–Crippen LogP) is 2.10. The molecule has 1 saturated heterocycles. The van der Waals surface area contributed by atoms with Crippen LogP contribution in [0.2, 0.25) is 0 Å². The number of rotatable bonds is 6. The minimum Gasteiger partial charge on any atom is -0.393 e. The van der Waals surface area contributed by atoms with Crippen LogP contribution in [0.4, 0.5) is 0 Å². The summed E-state index contributed by atoms with van der Waals surface area (Å²) in [6, 6.07) is 0.540. The van der Waals surface area contributed by atoms with E-state index in [4.69, 9.17) is 0 Å². The van der Waals surface area contributed by atoms with Gasteiger partial charge < -0.3 is 15.3 Å². The van der Waals surface area contributed by atoms with Crippen LogP contribution in [0.5, 0.6) is 0 Å². The third-order valence-electron chi connectivity index (χ3n) is 5.40. The SMILES string of the molecule is CCCNC(C)C(C)(C)CN1CC2CCC(O)C2C1. The molecule has 1 aliphatic heterocycles. The van der Waals surface area contributed by atoms with Crippen molar-refractivity contribution in [1.82, 2.24) is 10.2 Å². The second-order valence-corrected chi connectivity index (χ2v) is 7.43. The van der Waals surface area contributed by atoms with Crippen molar-refractivity contribution < 1.29 is 5.11 Å². The first-order chi connectivity index (χ1) is 8.94. The lowest BCUT2D eigenvalue weighted by Gasteiger charge is -2.36. The first kappa shape index (κ1) is 15.3. The molecule has 0 aromatic carbocycles. The molecule has 19 heavy (non-hydrogen) atoms. The molecule has 4 atom stereocenters. The molecule has 0 aromatic heterocycles. The first-order valence-electron chi connectivity index (χ1n) is 8.08. The Bertz CT molecular complexity index is 292. The van der Waals surface area contributed by atoms with Crippen molar-refractivity contribution >= 4 is 0 Å². The van der Waals surface area contributed by atoms with E-state index in [2.05, 4.69) is 37.9 Å². The summed E-state index contributed by atoms with van der Waals surface area (Å²) in [5, 5.41) is 13.6. The molecule has 0 amide bonds. The lowest BCUT2D eigenvalue weighted by molar-refractivity contribution is 0.111. The summed E-state index contributed by atoms with van der Waals surface area (Å²) in [4.78, 5) is 2.59. The van der Waals surface area contributed by atoms with E-state index in [0.717, 1.165) is 32.0 Å². The zero-order chi connectivity index (χ0) is 14.0. The van der Waals surface area contributed by atoms with Gasteiger partial charge >= 0.3 is 0 Å². The van der Waals surface area contributed by atoms with Crippen LogP contribution in [0.3, 0.4) is 0 Å². The molecule has 3 nitrogen and oxygen atoms in total. The Hall–Kier alpha value is -0.120. The fourth-order valence-electron chi connectivity index (χ4n) is 3.81. The number of fused-ring (bicyclic) bond motifs is 1. The van der Waals surface area contributed by atoms with Gasteiger partial charge in [0, 0.05) is 31.6 Å². The van der Waals surface area contributed by atoms with Crippen LogP contribution in [0.25, 0.3) is 0 Å². The molecule has 0 radical (unpaired) electrons. The first-order valence-corrected chi connectivity index (χ1v) is 8.08. The maximum Gasteiger partial charge on any atom is 0.0583 e. The summed E-state index contributed by atoms with van der Waals surface area (Å²) in [6.07, 6.45) is 3.42. The molecule has 2 aliphatic rings. The van der Waals surface area contributed by atoms with Crippen molar-refractivity contribution in [2.75, 3.05) is 26.2 Å². The van der Waals surface area contributed by atoms with Gasteiger partial charge in [-0.1, -0.05) is 20.8 Å². The Kier molecular flexibility index (Phi) is 4.91. The van der Waals surface area contributed by atoms with E-state index in [-0.39, 0.29) is 6.10 Å². The lowest BCUT2D eigenvalue weighted by atomic mass is 9.84. The monoisotopic (exact) mass is 268 g/mol. The topological polar surface area (TPSA) is 35.5 Å². The Morgan fingerprint density at radius 1 is 1.32 bits per heavy atom. The van der Waals surface area contributed by atoms with Crippen molar-refractivity contribution in [2.45, 2.75) is 59.1 Å². The number of aliphatic hydroxyl groups excluding tert-OH is 1. The van der Waals surface area contributed by atoms with Gasteiger partial charge in [-0.3, -0.25) is 0 Å². The maximum absolute atomic E-state index is 10.0. The van der Waals surface area contributed by atoms with E-state index >= 15 is 0 Å². The summed E-state index contributed by atoms with van der Waals surface area (Å²) in [5.74, 6) is 1.31. The molecule has 2 fully saturated rings. The third kappa shape index (κ3) is 3.50. The zero-order valence-corrected chi connectivity index (χ0v) is 13.2. The Morgan fingerprint density at radius 3 is 2.68 bits per heavy atom. The van der Waals surface area contributed by atoms with E-state index < -0.39 is 0 Å². The number of nitrogens with zero attached hydrogens (tertiary/aromatic N) is 1. The van der Waals surface area contributed by atoms with Crippen LogP contribution in [0, 0.1) is 17.3 Å². The molecule has 0 bridgehead atoms. The molecule has 1 aliphatic carbocycles. The van der Waals surface area contributed by atoms with Gasteiger partial charge in [0.05, 0.1) is 6.10 Å². The third-order valence-corrected chi connectivity index (χ3v) is 5.40. The van der Waals surface area contributed by atoms with Crippen molar-refractivity contribution in [3.05, 3.63) is 0 Å². The molecule has 2 rings (SSSR count). The minimum atomic E-state index is -0.0336. The van der Waals surface area contributed by atoms with Gasteiger partial charge in [-0.05, 0) is 44.1 Å². The normalized spacial score (nSPS) is 33.6. The second kappa shape index (κ2) is 6.11. The van der Waals surface area contributed by atoms with Crippen molar-refractivity contribution in [3.8, 4) is 0 Å². The molecule has 112 valence electrons. The Morgan fingerprint density at radius 2 is 2.05 bits per heavy atom. The highest BCUT2D eigenvalue weighted by molar-refractivity contribution is 4.95. The van der Waals surface area contributed by atoms with E-state index in [0.29, 0.717) is 17.4 Å². The van der Waals surface area contributed by atoms with Gasteiger partial charge in [0.1, 0.15) is 0 Å². The van der Waals surface area contributed by atoms with Crippen LogP contribution in [-0.2, 0) is 0 Å². The summed E-state index contributed by atoms with van der Waals surface area (Å²) in [6.45, 7) is 13.8. The Balaban J connectivity index is 1.84. The molecule has 2 N–H and O–H groups in total. The molecule has 1 saturated carbocycles. The fraction of sp³-hybridized carbons (Fsp3) is 1.00. The molecule has 0 aromatic rings. The largest absolute Gasteiger partial charge is 0.393 e. The molecule has 1 heterocycles. The number of aliphatic hydroxyl groups is 1. The van der Waals surface area contributed by atoms with Crippen molar-refractivity contribution in [2.24, 2.45) is 17.3 Å². The number of hydrogen-bond donors (Lipinski definition) is 2. The van der Waals surface area contributed by atoms with Gasteiger partial charge in [-0.2, -0.15) is 0 Å². The van der Waals surface area contributed by atoms with E-state index in [9.17, 15) is 5.11 Å². The van der Waals surface area contributed by atoms with Crippen LogP contribution < -0.4 is 5.32 Å². The number of likely N-dealkylation sites (tertiary alicyclic amines) is 1. The summed E-state index contributed by atoms with van der Waals surface area (Å²) >= 11 is 0. The number of hydrogen-bond acceptors (Lipinski definition) is 3. The Labute approximate surface area is 118 Å². The summed E-state index contributed by atoms with van der Waals surface area (Å²) in [5.41, 5.74) is 0.290. The highest BCUT2D eigenvalue weighted by Gasteiger charge is 2.43. The molecule has 3 heteroatoms. The average molecular weight is 268 g/mol. The van der Waals surface area contributed by atoms with E-state index in [1.54, 1.807) is 0 Å². The van der Waals surface area contributed by atoms with Crippen LogP contribution >= 0.6 is 0 Å². The molecule has 0 spiro atoms. The zero-order valence-electron chi connectivity index (χ0n) is 13.2. The highest BCUT2D eigenvalue weighted by Crippen LogP contribution is 2.39. The maximum atomic E-state index is 10.0. The molecule has 4 unspecified atom stereocenters. The standard InChI is InChI=1S/C16H32N2O/c1-5-8-17-12(2)16(3,4)11-18-9-13-6-7-15(19)14(13)10-18/h12-15,17,19H,5-11H2,1-4H3. The number of nitrogens with one attached hydrogen (secondary N) is 1. The average Bonchev–Trinajstić information content (AvgIpc) is 2.88. The second-order valence-electron chi connectivity index (χ2n) is 7.43. The quantitative estimate of drug-likeness (QED) is 0.774. The summed E-state index contributed by atoms with van der Waals surface area (Å²) in [7, 11) is 0. The predicted molar refractivity (Wildman–Crippen MR) is 80.2 cm³/mol. The summed E-state index contributed by atoms with van der Waals surface area (Å²) < 4.78 is 0. The van der Waals surface area contributed by atoms with Crippen LogP contribution in [0.15, 0.2) is 0 Å². The molecular formula is C16H32N2O. The van der Waals surface area contributed by atoms with Gasteiger partial charge in [0.25, 0.3) is 0 Å². The minimum absolute atomic E-state index is 0.0336. The van der Waals surface area contributed by atoms with Crippen LogP contribution in [-0.4, -0.2) is 48.3 Å².